The summed E-state index contributed by atoms with van der Waals surface area (Å²) in [5.74, 6) is -2.64. The highest BCUT2D eigenvalue weighted by atomic mass is 16.7. The number of amides is 1. The first kappa shape index (κ1) is 29.0. The smallest absolute Gasteiger partial charge is 0.338 e. The molecule has 0 radical (unpaired) electrons. The first-order chi connectivity index (χ1) is 20.9. The molecule has 0 aliphatic carbocycles. The lowest BCUT2D eigenvalue weighted by molar-refractivity contribution is -0.113. The van der Waals surface area contributed by atoms with Crippen molar-refractivity contribution in [2.75, 3.05) is 6.61 Å². The number of imidazole rings is 1. The lowest BCUT2D eigenvalue weighted by Crippen LogP contribution is -2.41. The molecule has 1 saturated heterocycles. The van der Waals surface area contributed by atoms with Crippen LogP contribution in [0.15, 0.2) is 110 Å². The third-order valence-corrected chi connectivity index (χ3v) is 6.51. The highest BCUT2D eigenvalue weighted by molar-refractivity contribution is 5.91. The van der Waals surface area contributed by atoms with E-state index in [1.165, 1.54) is 17.0 Å². The Balaban J connectivity index is 1.47. The summed E-state index contributed by atoms with van der Waals surface area (Å²) in [4.78, 5) is 54.6. The number of ether oxygens (including phenoxy) is 4. The Morgan fingerprint density at radius 3 is 1.81 bits per heavy atom. The Kier molecular flexibility index (Phi) is 9.03. The van der Waals surface area contributed by atoms with E-state index in [-0.39, 0.29) is 17.7 Å². The molecule has 0 spiro atoms. The molecule has 1 amide bonds. The van der Waals surface area contributed by atoms with Gasteiger partial charge in [0.25, 0.3) is 0 Å². The van der Waals surface area contributed by atoms with E-state index in [0.29, 0.717) is 11.3 Å². The number of rotatable bonds is 10. The molecular weight excluding hydrogens is 554 g/mol. The third-order valence-electron chi connectivity index (χ3n) is 6.51. The summed E-state index contributed by atoms with van der Waals surface area (Å²) in [5.41, 5.74) is 6.42. The predicted octanol–water partition coefficient (Wildman–Crippen LogP) is 3.59. The second kappa shape index (κ2) is 13.4. The molecule has 11 heteroatoms. The molecule has 2 N–H and O–H groups in total. The van der Waals surface area contributed by atoms with E-state index in [0.717, 1.165) is 6.08 Å². The molecule has 2 heterocycles. The number of primary amides is 1. The van der Waals surface area contributed by atoms with Gasteiger partial charge in [0.15, 0.2) is 18.4 Å². The number of benzene rings is 3. The maximum absolute atomic E-state index is 13.2. The molecule has 11 nitrogen and oxygen atoms in total. The normalized spacial score (nSPS) is 19.5. The molecule has 218 valence electrons. The first-order valence-electron chi connectivity index (χ1n) is 13.3. The Labute approximate surface area is 246 Å². The molecule has 1 aromatic heterocycles. The number of aromatic nitrogens is 2. The van der Waals surface area contributed by atoms with E-state index >= 15 is 0 Å². The van der Waals surface area contributed by atoms with E-state index in [1.54, 1.807) is 97.2 Å². The number of nitrogens with two attached hydrogens (primary N) is 1. The maximum Gasteiger partial charge on any atom is 0.338 e. The zero-order valence-electron chi connectivity index (χ0n) is 22.7. The van der Waals surface area contributed by atoms with Gasteiger partial charge < -0.3 is 29.2 Å². The topological polar surface area (TPSA) is 149 Å². The van der Waals surface area contributed by atoms with Gasteiger partial charge in [0, 0.05) is 12.3 Å². The fraction of sp³-hybridized carbons (Fsp3) is 0.156. The third kappa shape index (κ3) is 7.21. The van der Waals surface area contributed by atoms with E-state index in [2.05, 4.69) is 4.98 Å². The number of hydrogen-bond donors (Lipinski definition) is 1. The van der Waals surface area contributed by atoms with Crippen LogP contribution in [-0.4, -0.2) is 58.3 Å². The van der Waals surface area contributed by atoms with Crippen LogP contribution in [0.1, 0.15) is 43.0 Å². The van der Waals surface area contributed by atoms with Gasteiger partial charge in [0.05, 0.1) is 28.7 Å². The van der Waals surface area contributed by atoms with E-state index < -0.39 is 48.4 Å². The summed E-state index contributed by atoms with van der Waals surface area (Å²) in [6.07, 6.45) is 1.03. The van der Waals surface area contributed by atoms with Crippen molar-refractivity contribution in [1.29, 1.82) is 0 Å². The average molecular weight is 582 g/mol. The Morgan fingerprint density at radius 2 is 1.28 bits per heavy atom. The van der Waals surface area contributed by atoms with E-state index in [1.807, 2.05) is 0 Å². The molecular formula is C32H27N3O8. The average Bonchev–Trinajstić information content (AvgIpc) is 3.64. The van der Waals surface area contributed by atoms with Crippen LogP contribution >= 0.6 is 0 Å². The SMILES string of the molecule is NC(=O)/C=C/c1cn([C@@H]2O[C@H](COC(=O)c3ccccc3)[C@@H](OC(=O)c3ccccc3)[C@H]2OC(=O)c2ccccc2)cn1. The van der Waals surface area contributed by atoms with Crippen LogP contribution in [0.2, 0.25) is 0 Å². The van der Waals surface area contributed by atoms with Crippen molar-refractivity contribution < 1.29 is 38.1 Å². The summed E-state index contributed by atoms with van der Waals surface area (Å²) in [6.45, 7) is -0.320. The summed E-state index contributed by atoms with van der Waals surface area (Å²) in [7, 11) is 0. The van der Waals surface area contributed by atoms with Crippen molar-refractivity contribution in [3.05, 3.63) is 132 Å². The van der Waals surface area contributed by atoms with Crippen molar-refractivity contribution >= 4 is 29.9 Å². The minimum absolute atomic E-state index is 0.264. The number of carbonyl (C=O) groups excluding carboxylic acids is 4. The van der Waals surface area contributed by atoms with E-state index in [9.17, 15) is 19.2 Å². The Morgan fingerprint density at radius 1 is 0.767 bits per heavy atom. The monoisotopic (exact) mass is 581 g/mol. The lowest BCUT2D eigenvalue weighted by Gasteiger charge is -2.24. The molecule has 1 aliphatic heterocycles. The zero-order valence-corrected chi connectivity index (χ0v) is 22.7. The molecule has 1 aliphatic rings. The minimum atomic E-state index is -1.19. The van der Waals surface area contributed by atoms with Gasteiger partial charge >= 0.3 is 17.9 Å². The van der Waals surface area contributed by atoms with Gasteiger partial charge in [-0.25, -0.2) is 19.4 Å². The van der Waals surface area contributed by atoms with Crippen molar-refractivity contribution in [3.63, 3.8) is 0 Å². The summed E-state index contributed by atoms with van der Waals surface area (Å²) in [5, 5.41) is 0. The Hall–Kier alpha value is -5.55. The summed E-state index contributed by atoms with van der Waals surface area (Å²) in [6, 6.07) is 25.0. The van der Waals surface area contributed by atoms with Crippen LogP contribution in [0.3, 0.4) is 0 Å². The van der Waals surface area contributed by atoms with Crippen molar-refractivity contribution in [2.24, 2.45) is 5.73 Å². The maximum atomic E-state index is 13.2. The fourth-order valence-electron chi connectivity index (χ4n) is 4.44. The zero-order chi connectivity index (χ0) is 30.2. The highest BCUT2D eigenvalue weighted by Crippen LogP contribution is 2.35. The van der Waals surface area contributed by atoms with Crippen molar-refractivity contribution in [1.82, 2.24) is 9.55 Å². The van der Waals surface area contributed by atoms with Gasteiger partial charge in [-0.3, -0.25) is 4.79 Å². The minimum Gasteiger partial charge on any atom is -0.459 e. The summed E-state index contributed by atoms with van der Waals surface area (Å²) < 4.78 is 25.1. The van der Waals surface area contributed by atoms with Crippen LogP contribution in [0.4, 0.5) is 0 Å². The molecule has 43 heavy (non-hydrogen) atoms. The van der Waals surface area contributed by atoms with Crippen molar-refractivity contribution in [3.8, 4) is 0 Å². The number of nitrogens with zero attached hydrogens (tertiary/aromatic N) is 2. The quantitative estimate of drug-likeness (QED) is 0.168. The second-order valence-corrected chi connectivity index (χ2v) is 9.48. The first-order valence-corrected chi connectivity index (χ1v) is 13.3. The molecule has 1 fully saturated rings. The van der Waals surface area contributed by atoms with Gasteiger partial charge in [-0.2, -0.15) is 0 Å². The van der Waals surface area contributed by atoms with Gasteiger partial charge in [0.2, 0.25) is 5.91 Å². The van der Waals surface area contributed by atoms with Crippen LogP contribution < -0.4 is 5.73 Å². The molecule has 0 unspecified atom stereocenters. The molecule has 3 aromatic carbocycles. The second-order valence-electron chi connectivity index (χ2n) is 9.48. The van der Waals surface area contributed by atoms with Gasteiger partial charge in [-0.1, -0.05) is 54.6 Å². The number of carbonyl (C=O) groups is 4. The van der Waals surface area contributed by atoms with Crippen LogP contribution in [0, 0.1) is 0 Å². The standard InChI is InChI=1S/C32H27N3O8/c33-26(36)17-16-24-18-35(20-34-24)29-28(43-32(39)23-14-8-3-9-15-23)27(42-31(38)22-12-6-2-7-13-22)25(41-29)19-40-30(37)21-10-4-1-5-11-21/h1-18,20,25,27-29H,19H2,(H2,33,36)/b17-16+/t25-,27-,28-,29-/m1/s1. The fourth-order valence-corrected chi connectivity index (χ4v) is 4.44. The number of esters is 3. The van der Waals surface area contributed by atoms with Crippen LogP contribution in [-0.2, 0) is 23.7 Å². The van der Waals surface area contributed by atoms with Gasteiger partial charge in [0.1, 0.15) is 12.7 Å². The highest BCUT2D eigenvalue weighted by Gasteiger charge is 2.51. The lowest BCUT2D eigenvalue weighted by atomic mass is 10.1. The van der Waals surface area contributed by atoms with E-state index in [4.69, 9.17) is 24.7 Å². The van der Waals surface area contributed by atoms with Crippen LogP contribution in [0.25, 0.3) is 6.08 Å². The molecule has 0 bridgehead atoms. The molecule has 5 rings (SSSR count). The number of hydrogen-bond acceptors (Lipinski definition) is 9. The molecule has 4 aromatic rings. The molecule has 0 saturated carbocycles. The summed E-state index contributed by atoms with van der Waals surface area (Å²) >= 11 is 0. The van der Waals surface area contributed by atoms with Gasteiger partial charge in [-0.05, 0) is 42.5 Å². The van der Waals surface area contributed by atoms with Gasteiger partial charge in [-0.15, -0.1) is 0 Å². The Bertz CT molecular complexity index is 1610. The largest absolute Gasteiger partial charge is 0.459 e. The van der Waals surface area contributed by atoms with Crippen LogP contribution in [0.5, 0.6) is 0 Å². The predicted molar refractivity (Wildman–Crippen MR) is 152 cm³/mol. The molecule has 4 atom stereocenters. The van der Waals surface area contributed by atoms with Crippen molar-refractivity contribution in [2.45, 2.75) is 24.5 Å².